The van der Waals surface area contributed by atoms with Gasteiger partial charge in [-0.05, 0) is 38.5 Å². The quantitative estimate of drug-likeness (QED) is 0.684. The van der Waals surface area contributed by atoms with Gasteiger partial charge in [0, 0.05) is 23.0 Å². The van der Waals surface area contributed by atoms with Gasteiger partial charge in [0.25, 0.3) is 0 Å². The predicted octanol–water partition coefficient (Wildman–Crippen LogP) is 3.67. The number of nitrogens with zero attached hydrogens (tertiary/aromatic N) is 2. The first kappa shape index (κ1) is 14.6. The molecule has 0 amide bonds. The van der Waals surface area contributed by atoms with E-state index in [1.165, 1.54) is 0 Å². The summed E-state index contributed by atoms with van der Waals surface area (Å²) >= 11 is 0. The fourth-order valence-corrected chi connectivity index (χ4v) is 2.14. The molecule has 4 nitrogen and oxygen atoms in total. The fraction of sp³-hybridized carbons (Fsp3) is 0.176. The van der Waals surface area contributed by atoms with Crippen molar-refractivity contribution in [3.63, 3.8) is 0 Å². The van der Waals surface area contributed by atoms with Crippen LogP contribution < -0.4 is 10.5 Å². The molecule has 1 aromatic carbocycles. The molecule has 1 aromatic heterocycles. The van der Waals surface area contributed by atoms with Crippen molar-refractivity contribution < 1.29 is 4.74 Å². The van der Waals surface area contributed by atoms with Crippen molar-refractivity contribution in [3.8, 4) is 17.6 Å². The highest BCUT2D eigenvalue weighted by atomic mass is 16.5. The highest BCUT2D eigenvalue weighted by molar-refractivity contribution is 5.53. The average Bonchev–Trinajstić information content (AvgIpc) is 2.42. The maximum Gasteiger partial charge on any atom is 0.148 e. The Morgan fingerprint density at radius 3 is 2.76 bits per heavy atom. The molecule has 0 bridgehead atoms. The van der Waals surface area contributed by atoms with Gasteiger partial charge in [-0.2, -0.15) is 5.26 Å². The Bertz CT molecular complexity index is 730. The largest absolute Gasteiger partial charge is 0.456 e. The number of rotatable bonds is 4. The second-order valence-corrected chi connectivity index (χ2v) is 4.80. The number of nitrogen functional groups attached to an aromatic ring is 1. The zero-order chi connectivity index (χ0) is 15.4. The third-order valence-electron chi connectivity index (χ3n) is 3.07. The summed E-state index contributed by atoms with van der Waals surface area (Å²) in [6.45, 7) is 7.40. The lowest BCUT2D eigenvalue weighted by molar-refractivity contribution is 0.474. The third-order valence-corrected chi connectivity index (χ3v) is 3.07. The Kier molecular flexibility index (Phi) is 4.24. The summed E-state index contributed by atoms with van der Waals surface area (Å²) in [7, 11) is 0. The van der Waals surface area contributed by atoms with Gasteiger partial charge in [-0.25, -0.2) is 0 Å². The van der Waals surface area contributed by atoms with Gasteiger partial charge in [0.1, 0.15) is 23.1 Å². The molecule has 0 radical (unpaired) electrons. The Hall–Kier alpha value is -2.80. The van der Waals surface area contributed by atoms with E-state index in [1.807, 2.05) is 13.0 Å². The summed E-state index contributed by atoms with van der Waals surface area (Å²) in [5.74, 6) is 1.18. The molecule has 106 valence electrons. The molecule has 2 rings (SSSR count). The minimum Gasteiger partial charge on any atom is -0.456 e. The number of pyridine rings is 1. The molecule has 0 saturated carbocycles. The van der Waals surface area contributed by atoms with Crippen LogP contribution in [0.1, 0.15) is 22.5 Å². The topological polar surface area (TPSA) is 71.9 Å². The zero-order valence-corrected chi connectivity index (χ0v) is 12.2. The second-order valence-electron chi connectivity index (χ2n) is 4.80. The fourth-order valence-electron chi connectivity index (χ4n) is 2.14. The third kappa shape index (κ3) is 3.21. The molecule has 0 aliphatic rings. The van der Waals surface area contributed by atoms with E-state index >= 15 is 0 Å². The summed E-state index contributed by atoms with van der Waals surface area (Å²) in [6, 6.07) is 9.34. The van der Waals surface area contributed by atoms with Gasteiger partial charge in [-0.3, -0.25) is 4.98 Å². The molecular formula is C17H17N3O. The van der Waals surface area contributed by atoms with Gasteiger partial charge < -0.3 is 10.5 Å². The van der Waals surface area contributed by atoms with Crippen LogP contribution in [-0.2, 0) is 6.42 Å². The number of aryl methyl sites for hydroxylation is 2. The molecule has 0 aliphatic heterocycles. The normalized spacial score (nSPS) is 9.95. The molecule has 2 N–H and O–H groups in total. The average molecular weight is 279 g/mol. The molecule has 1 heterocycles. The predicted molar refractivity (Wildman–Crippen MR) is 83.3 cm³/mol. The van der Waals surface area contributed by atoms with Crippen molar-refractivity contribution in [2.45, 2.75) is 20.3 Å². The van der Waals surface area contributed by atoms with Crippen LogP contribution in [0.4, 0.5) is 5.69 Å². The van der Waals surface area contributed by atoms with E-state index in [-0.39, 0.29) is 0 Å². The molecular weight excluding hydrogens is 262 g/mol. The number of benzene rings is 1. The van der Waals surface area contributed by atoms with Crippen molar-refractivity contribution in [2.75, 3.05) is 5.73 Å². The zero-order valence-electron chi connectivity index (χ0n) is 12.2. The van der Waals surface area contributed by atoms with Crippen LogP contribution in [0.25, 0.3) is 0 Å². The molecule has 0 saturated heterocycles. The standard InChI is InChI=1S/C17H17N3O/c1-4-5-13-9-14(19)6-7-16(13)21-17-8-11(2)20-12(3)15(17)10-18/h4,6-9H,1,5,19H2,2-3H3. The number of hydrogen-bond donors (Lipinski definition) is 1. The number of hydrogen-bond acceptors (Lipinski definition) is 4. The molecule has 21 heavy (non-hydrogen) atoms. The van der Waals surface area contributed by atoms with Crippen molar-refractivity contribution in [2.24, 2.45) is 0 Å². The van der Waals surface area contributed by atoms with E-state index in [4.69, 9.17) is 10.5 Å². The van der Waals surface area contributed by atoms with Gasteiger partial charge in [0.15, 0.2) is 0 Å². The summed E-state index contributed by atoms with van der Waals surface area (Å²) < 4.78 is 5.93. The lowest BCUT2D eigenvalue weighted by Gasteiger charge is -2.13. The van der Waals surface area contributed by atoms with Crippen molar-refractivity contribution >= 4 is 5.69 Å². The first-order valence-electron chi connectivity index (χ1n) is 6.60. The molecule has 0 fully saturated rings. The molecule has 0 spiro atoms. The maximum atomic E-state index is 9.28. The van der Waals surface area contributed by atoms with E-state index in [0.29, 0.717) is 34.9 Å². The van der Waals surface area contributed by atoms with Crippen molar-refractivity contribution in [1.29, 1.82) is 5.26 Å². The lowest BCUT2D eigenvalue weighted by Crippen LogP contribution is -1.99. The van der Waals surface area contributed by atoms with E-state index < -0.39 is 0 Å². The Morgan fingerprint density at radius 2 is 2.10 bits per heavy atom. The van der Waals surface area contributed by atoms with Crippen LogP contribution in [0.5, 0.6) is 11.5 Å². The smallest absolute Gasteiger partial charge is 0.148 e. The van der Waals surface area contributed by atoms with Gasteiger partial charge >= 0.3 is 0 Å². The molecule has 0 unspecified atom stereocenters. The number of nitrogens with two attached hydrogens (primary N) is 1. The van der Waals surface area contributed by atoms with Crippen LogP contribution >= 0.6 is 0 Å². The minimum atomic E-state index is 0.446. The monoisotopic (exact) mass is 279 g/mol. The summed E-state index contributed by atoms with van der Waals surface area (Å²) in [5.41, 5.74) is 9.32. The highest BCUT2D eigenvalue weighted by Crippen LogP contribution is 2.31. The van der Waals surface area contributed by atoms with Crippen LogP contribution in [0.15, 0.2) is 36.9 Å². The van der Waals surface area contributed by atoms with Gasteiger partial charge in [0.2, 0.25) is 0 Å². The maximum absolute atomic E-state index is 9.28. The van der Waals surface area contributed by atoms with E-state index in [1.54, 1.807) is 31.2 Å². The molecule has 0 aliphatic carbocycles. The summed E-state index contributed by atoms with van der Waals surface area (Å²) in [5, 5.41) is 9.28. The lowest BCUT2D eigenvalue weighted by atomic mass is 10.1. The first-order valence-corrected chi connectivity index (χ1v) is 6.60. The first-order chi connectivity index (χ1) is 10.0. The van der Waals surface area contributed by atoms with Crippen LogP contribution in [0.3, 0.4) is 0 Å². The number of anilines is 1. The molecule has 2 aromatic rings. The van der Waals surface area contributed by atoms with E-state index in [9.17, 15) is 5.26 Å². The number of aromatic nitrogens is 1. The van der Waals surface area contributed by atoms with Crippen molar-refractivity contribution in [1.82, 2.24) is 4.98 Å². The van der Waals surface area contributed by atoms with Gasteiger partial charge in [-0.1, -0.05) is 6.08 Å². The van der Waals surface area contributed by atoms with Gasteiger partial charge in [-0.15, -0.1) is 6.58 Å². The van der Waals surface area contributed by atoms with Crippen molar-refractivity contribution in [3.05, 3.63) is 59.4 Å². The van der Waals surface area contributed by atoms with E-state index in [0.717, 1.165) is 11.3 Å². The van der Waals surface area contributed by atoms with Crippen LogP contribution in [-0.4, -0.2) is 4.98 Å². The summed E-state index contributed by atoms with van der Waals surface area (Å²) in [6.07, 6.45) is 2.43. The SMILES string of the molecule is C=CCc1cc(N)ccc1Oc1cc(C)nc(C)c1C#N. The Balaban J connectivity index is 2.48. The molecule has 0 atom stereocenters. The molecule has 4 heteroatoms. The summed E-state index contributed by atoms with van der Waals surface area (Å²) in [4.78, 5) is 4.28. The van der Waals surface area contributed by atoms with Crippen LogP contribution in [0, 0.1) is 25.2 Å². The highest BCUT2D eigenvalue weighted by Gasteiger charge is 2.12. The van der Waals surface area contributed by atoms with E-state index in [2.05, 4.69) is 17.6 Å². The Labute approximate surface area is 124 Å². The number of ether oxygens (including phenoxy) is 1. The van der Waals surface area contributed by atoms with Gasteiger partial charge in [0.05, 0.1) is 5.69 Å². The number of allylic oxidation sites excluding steroid dienone is 1. The Morgan fingerprint density at radius 1 is 1.33 bits per heavy atom. The number of nitriles is 1. The second kappa shape index (κ2) is 6.10. The minimum absolute atomic E-state index is 0.446. The van der Waals surface area contributed by atoms with Crippen LogP contribution in [0.2, 0.25) is 0 Å².